The molecular formula is C60H40N2. The molecule has 0 aliphatic heterocycles. The van der Waals surface area contributed by atoms with E-state index < -0.39 is 0 Å². The van der Waals surface area contributed by atoms with Crippen molar-refractivity contribution in [2.45, 2.75) is 12.8 Å². The Kier molecular flexibility index (Phi) is 7.77. The highest BCUT2D eigenvalue weighted by molar-refractivity contribution is 6.23. The van der Waals surface area contributed by atoms with E-state index in [0.29, 0.717) is 0 Å². The standard InChI is InChI=1S/C60H40N2/c1-3-15-39(16-4-1)41-27-28-43-36-44(30-29-42(43)35-41)60-52-34-32-45(61-55-23-11-7-19-47(55)48-20-8-12-24-56(48)61)37-53(52)59(40-17-5-2-6-18-40)51-33-31-46(38-54(51)60)62-57-25-13-9-21-49(57)50-22-10-14-26-58(50)62/h1-13,15-25,27-38H,14,26H2. The molecule has 10 aromatic carbocycles. The lowest BCUT2D eigenvalue weighted by Crippen LogP contribution is -2.03. The van der Waals surface area contributed by atoms with Crippen LogP contribution in [0.3, 0.4) is 0 Å². The van der Waals surface area contributed by atoms with Gasteiger partial charge in [-0.2, -0.15) is 0 Å². The zero-order valence-electron chi connectivity index (χ0n) is 34.1. The molecule has 2 nitrogen and oxygen atoms in total. The van der Waals surface area contributed by atoms with Gasteiger partial charge >= 0.3 is 0 Å². The molecule has 0 unspecified atom stereocenters. The topological polar surface area (TPSA) is 9.86 Å². The summed E-state index contributed by atoms with van der Waals surface area (Å²) in [5.74, 6) is 0. The van der Waals surface area contributed by atoms with Gasteiger partial charge in [-0.3, -0.25) is 0 Å². The highest BCUT2D eigenvalue weighted by Gasteiger charge is 2.23. The lowest BCUT2D eigenvalue weighted by Gasteiger charge is -2.21. The molecule has 2 aromatic heterocycles. The first-order valence-corrected chi connectivity index (χ1v) is 21.7. The van der Waals surface area contributed by atoms with Gasteiger partial charge in [0, 0.05) is 38.8 Å². The van der Waals surface area contributed by atoms with E-state index in [9.17, 15) is 0 Å². The largest absolute Gasteiger partial charge is 0.313 e. The van der Waals surface area contributed by atoms with Crippen molar-refractivity contribution < 1.29 is 0 Å². The van der Waals surface area contributed by atoms with Crippen LogP contribution in [0.15, 0.2) is 212 Å². The van der Waals surface area contributed by atoms with Crippen LogP contribution in [0, 0.1) is 0 Å². The zero-order chi connectivity index (χ0) is 40.7. The number of hydrogen-bond donors (Lipinski definition) is 0. The fourth-order valence-electron chi connectivity index (χ4n) is 10.6. The van der Waals surface area contributed by atoms with E-state index in [1.54, 1.807) is 0 Å². The molecule has 2 heteroatoms. The van der Waals surface area contributed by atoms with Gasteiger partial charge in [-0.15, -0.1) is 0 Å². The Labute approximate surface area is 359 Å². The Bertz CT molecular complexity index is 3740. The Morgan fingerprint density at radius 1 is 0.323 bits per heavy atom. The van der Waals surface area contributed by atoms with Crippen LogP contribution in [0.1, 0.15) is 17.7 Å². The van der Waals surface area contributed by atoms with E-state index in [2.05, 4.69) is 228 Å². The van der Waals surface area contributed by atoms with E-state index in [4.69, 9.17) is 0 Å². The summed E-state index contributed by atoms with van der Waals surface area (Å²) in [7, 11) is 0. The number of aromatic nitrogens is 2. The van der Waals surface area contributed by atoms with E-state index >= 15 is 0 Å². The Hall–Kier alpha value is -7.94. The number of benzene rings is 10. The van der Waals surface area contributed by atoms with Gasteiger partial charge in [0.15, 0.2) is 0 Å². The van der Waals surface area contributed by atoms with Gasteiger partial charge in [-0.25, -0.2) is 0 Å². The minimum absolute atomic E-state index is 1.01. The van der Waals surface area contributed by atoms with Crippen LogP contribution >= 0.6 is 0 Å². The van der Waals surface area contributed by atoms with Crippen molar-refractivity contribution >= 4 is 71.1 Å². The van der Waals surface area contributed by atoms with E-state index in [1.165, 1.54) is 115 Å². The smallest absolute Gasteiger partial charge is 0.0541 e. The van der Waals surface area contributed by atoms with Crippen LogP contribution in [-0.2, 0) is 6.42 Å². The highest BCUT2D eigenvalue weighted by Crippen LogP contribution is 2.47. The van der Waals surface area contributed by atoms with Crippen molar-refractivity contribution in [1.82, 2.24) is 9.13 Å². The monoisotopic (exact) mass is 788 g/mol. The predicted molar refractivity (Wildman–Crippen MR) is 264 cm³/mol. The fourth-order valence-corrected chi connectivity index (χ4v) is 10.6. The van der Waals surface area contributed by atoms with Crippen molar-refractivity contribution in [2.24, 2.45) is 0 Å². The normalized spacial score (nSPS) is 12.6. The number of nitrogens with zero attached hydrogens (tertiary/aromatic N) is 2. The average Bonchev–Trinajstić information content (AvgIpc) is 3.86. The first-order valence-electron chi connectivity index (χ1n) is 21.7. The number of para-hydroxylation sites is 3. The van der Waals surface area contributed by atoms with E-state index in [1.807, 2.05) is 0 Å². The van der Waals surface area contributed by atoms with Gasteiger partial charge in [0.1, 0.15) is 0 Å². The summed E-state index contributed by atoms with van der Waals surface area (Å²) in [4.78, 5) is 0. The third kappa shape index (κ3) is 5.30. The minimum atomic E-state index is 1.01. The number of fused-ring (bicyclic) bond motifs is 9. The minimum Gasteiger partial charge on any atom is -0.313 e. The van der Waals surface area contributed by atoms with Gasteiger partial charge in [-0.05, 0) is 133 Å². The number of hydrogen-bond acceptors (Lipinski definition) is 0. The van der Waals surface area contributed by atoms with Gasteiger partial charge in [0.25, 0.3) is 0 Å². The van der Waals surface area contributed by atoms with Crippen molar-refractivity contribution in [1.29, 1.82) is 0 Å². The molecule has 13 rings (SSSR count). The molecule has 62 heavy (non-hydrogen) atoms. The fraction of sp³-hybridized carbons (Fsp3) is 0.0333. The summed E-state index contributed by atoms with van der Waals surface area (Å²) >= 11 is 0. The second-order valence-electron chi connectivity index (χ2n) is 16.7. The van der Waals surface area contributed by atoms with Gasteiger partial charge < -0.3 is 9.13 Å². The average molecular weight is 789 g/mol. The number of allylic oxidation sites excluding steroid dienone is 1. The molecule has 0 saturated heterocycles. The molecule has 2 heterocycles. The molecule has 1 aliphatic carbocycles. The van der Waals surface area contributed by atoms with Gasteiger partial charge in [0.05, 0.1) is 16.6 Å². The maximum absolute atomic E-state index is 2.53. The summed E-state index contributed by atoms with van der Waals surface area (Å²) in [5.41, 5.74) is 16.1. The third-order valence-electron chi connectivity index (χ3n) is 13.3. The van der Waals surface area contributed by atoms with Crippen molar-refractivity contribution in [3.05, 3.63) is 224 Å². The molecule has 0 fully saturated rings. The second kappa shape index (κ2) is 13.8. The Balaban J connectivity index is 1.13. The highest BCUT2D eigenvalue weighted by atomic mass is 15.0. The molecule has 0 amide bonds. The van der Waals surface area contributed by atoms with Crippen LogP contribution in [0.4, 0.5) is 0 Å². The zero-order valence-corrected chi connectivity index (χ0v) is 34.1. The Morgan fingerprint density at radius 3 is 1.47 bits per heavy atom. The quantitative estimate of drug-likeness (QED) is 0.154. The first kappa shape index (κ1) is 34.9. The van der Waals surface area contributed by atoms with Crippen molar-refractivity contribution in [3.8, 4) is 44.8 Å². The van der Waals surface area contributed by atoms with Crippen LogP contribution in [-0.4, -0.2) is 9.13 Å². The third-order valence-corrected chi connectivity index (χ3v) is 13.3. The first-order chi connectivity index (χ1) is 30.8. The molecule has 0 bridgehead atoms. The molecular weight excluding hydrogens is 749 g/mol. The van der Waals surface area contributed by atoms with Crippen molar-refractivity contribution in [2.75, 3.05) is 0 Å². The molecule has 0 spiro atoms. The molecule has 0 saturated carbocycles. The molecule has 12 aromatic rings. The second-order valence-corrected chi connectivity index (χ2v) is 16.7. The molecule has 290 valence electrons. The van der Waals surface area contributed by atoms with Crippen LogP contribution in [0.2, 0.25) is 0 Å². The summed E-state index contributed by atoms with van der Waals surface area (Å²) in [5, 5.41) is 11.3. The van der Waals surface area contributed by atoms with Crippen molar-refractivity contribution in [3.63, 3.8) is 0 Å². The van der Waals surface area contributed by atoms with E-state index in [-0.39, 0.29) is 0 Å². The molecule has 1 aliphatic rings. The summed E-state index contributed by atoms with van der Waals surface area (Å²) in [6.07, 6.45) is 6.71. The van der Waals surface area contributed by atoms with Gasteiger partial charge in [-0.1, -0.05) is 164 Å². The summed E-state index contributed by atoms with van der Waals surface area (Å²) < 4.78 is 4.97. The molecule has 0 N–H and O–H groups in total. The van der Waals surface area contributed by atoms with Crippen LogP contribution in [0.5, 0.6) is 0 Å². The molecule has 0 atom stereocenters. The molecule has 0 radical (unpaired) electrons. The lowest BCUT2D eigenvalue weighted by molar-refractivity contribution is 0.889. The van der Waals surface area contributed by atoms with E-state index in [0.717, 1.165) is 18.5 Å². The Morgan fingerprint density at radius 2 is 0.823 bits per heavy atom. The SMILES string of the molecule is C1=Cc2c(n(-c3ccc4c(-c5ccccc5)c5cc(-n6c7ccccc7c7ccccc76)ccc5c(-c5ccc6cc(-c7ccccc7)ccc6c5)c4c3)c3ccccc23)CC1. The number of rotatable bonds is 5. The van der Waals surface area contributed by atoms with Crippen LogP contribution < -0.4 is 0 Å². The maximum atomic E-state index is 2.53. The maximum Gasteiger partial charge on any atom is 0.0541 e. The van der Waals surface area contributed by atoms with Gasteiger partial charge in [0.2, 0.25) is 0 Å². The predicted octanol–water partition coefficient (Wildman–Crippen LogP) is 16.1. The lowest BCUT2D eigenvalue weighted by atomic mass is 9.85. The summed E-state index contributed by atoms with van der Waals surface area (Å²) in [6, 6.07) is 76.6. The summed E-state index contributed by atoms with van der Waals surface area (Å²) in [6.45, 7) is 0. The van der Waals surface area contributed by atoms with Crippen LogP contribution in [0.25, 0.3) is 116 Å².